The van der Waals surface area contributed by atoms with Crippen LogP contribution in [0.25, 0.3) is 0 Å². The van der Waals surface area contributed by atoms with E-state index in [0.29, 0.717) is 0 Å². The Morgan fingerprint density at radius 2 is 2.40 bits per heavy atom. The molecule has 0 atom stereocenters. The number of hydrogen-bond donors (Lipinski definition) is 2. The standard InChI is InChI=1S/C5H9N3S2/c1-2-3-4-6-7-5(8-9)10-4/h9H,2-3H2,1H3,(H,7,8). The summed E-state index contributed by atoms with van der Waals surface area (Å²) in [7, 11) is 0. The van der Waals surface area contributed by atoms with Crippen molar-refractivity contribution in [1.82, 2.24) is 10.2 Å². The second-order valence-electron chi connectivity index (χ2n) is 1.86. The Hall–Kier alpha value is -0.290. The fourth-order valence-corrected chi connectivity index (χ4v) is 1.53. The van der Waals surface area contributed by atoms with E-state index in [1.165, 1.54) is 0 Å². The van der Waals surface area contributed by atoms with Gasteiger partial charge in [-0.3, -0.25) is 0 Å². The first-order valence-electron chi connectivity index (χ1n) is 3.09. The van der Waals surface area contributed by atoms with E-state index in [-0.39, 0.29) is 0 Å². The van der Waals surface area contributed by atoms with Crippen molar-refractivity contribution in [3.05, 3.63) is 5.01 Å². The molecule has 10 heavy (non-hydrogen) atoms. The largest absolute Gasteiger partial charge is 0.307 e. The van der Waals surface area contributed by atoms with E-state index in [2.05, 4.69) is 34.7 Å². The Kier molecular flexibility index (Phi) is 2.95. The van der Waals surface area contributed by atoms with Gasteiger partial charge in [0.1, 0.15) is 5.01 Å². The first-order valence-corrected chi connectivity index (χ1v) is 4.35. The highest BCUT2D eigenvalue weighted by Gasteiger charge is 1.99. The van der Waals surface area contributed by atoms with Crippen LogP contribution in [0.2, 0.25) is 0 Å². The van der Waals surface area contributed by atoms with Gasteiger partial charge in [0.2, 0.25) is 5.13 Å². The quantitative estimate of drug-likeness (QED) is 0.687. The van der Waals surface area contributed by atoms with Crippen LogP contribution in [0.1, 0.15) is 18.4 Å². The average Bonchev–Trinajstić information content (AvgIpc) is 2.37. The van der Waals surface area contributed by atoms with Crippen LogP contribution in [0.4, 0.5) is 5.13 Å². The molecule has 3 nitrogen and oxygen atoms in total. The van der Waals surface area contributed by atoms with Crippen LogP contribution in [0, 0.1) is 0 Å². The molecule has 56 valence electrons. The van der Waals surface area contributed by atoms with Gasteiger partial charge in [-0.2, -0.15) is 0 Å². The van der Waals surface area contributed by atoms with Crippen LogP contribution in [0.15, 0.2) is 0 Å². The van der Waals surface area contributed by atoms with Crippen molar-refractivity contribution in [2.75, 3.05) is 4.72 Å². The highest BCUT2D eigenvalue weighted by molar-refractivity contribution is 7.81. The molecule has 0 fully saturated rings. The third-order valence-electron chi connectivity index (χ3n) is 1.03. The fraction of sp³-hybridized carbons (Fsp3) is 0.600. The number of nitrogens with one attached hydrogen (secondary N) is 1. The number of aryl methyl sites for hydroxylation is 1. The smallest absolute Gasteiger partial charge is 0.215 e. The van der Waals surface area contributed by atoms with Crippen molar-refractivity contribution in [3.8, 4) is 0 Å². The van der Waals surface area contributed by atoms with Gasteiger partial charge < -0.3 is 4.72 Å². The van der Waals surface area contributed by atoms with E-state index in [1.807, 2.05) is 0 Å². The zero-order valence-corrected chi connectivity index (χ0v) is 7.38. The number of aromatic nitrogens is 2. The predicted molar refractivity (Wildman–Crippen MR) is 46.5 cm³/mol. The highest BCUT2D eigenvalue weighted by Crippen LogP contribution is 2.16. The van der Waals surface area contributed by atoms with E-state index in [0.717, 1.165) is 23.0 Å². The molecule has 5 heteroatoms. The van der Waals surface area contributed by atoms with Gasteiger partial charge in [-0.05, 0) is 6.42 Å². The number of anilines is 1. The zero-order chi connectivity index (χ0) is 7.40. The molecule has 0 aliphatic heterocycles. The molecule has 1 aromatic rings. The normalized spacial score (nSPS) is 9.80. The summed E-state index contributed by atoms with van der Waals surface area (Å²) in [6.45, 7) is 2.12. The van der Waals surface area contributed by atoms with E-state index in [4.69, 9.17) is 0 Å². The summed E-state index contributed by atoms with van der Waals surface area (Å²) in [4.78, 5) is 0. The highest BCUT2D eigenvalue weighted by atomic mass is 32.1. The molecule has 0 spiro atoms. The Bertz CT molecular complexity index is 199. The lowest BCUT2D eigenvalue weighted by Crippen LogP contribution is -1.80. The van der Waals surface area contributed by atoms with Crippen LogP contribution < -0.4 is 4.72 Å². The van der Waals surface area contributed by atoms with Crippen LogP contribution >= 0.6 is 24.2 Å². The molecule has 0 unspecified atom stereocenters. The van der Waals surface area contributed by atoms with Gasteiger partial charge in [0, 0.05) is 6.42 Å². The monoisotopic (exact) mass is 175 g/mol. The molecule has 1 rings (SSSR count). The van der Waals surface area contributed by atoms with Crippen LogP contribution in [0.5, 0.6) is 0 Å². The second kappa shape index (κ2) is 3.78. The summed E-state index contributed by atoms with van der Waals surface area (Å²) >= 11 is 5.40. The van der Waals surface area contributed by atoms with Gasteiger partial charge in [0.25, 0.3) is 0 Å². The number of nitrogens with zero attached hydrogens (tertiary/aromatic N) is 2. The summed E-state index contributed by atoms with van der Waals surface area (Å²) in [6, 6.07) is 0. The molecule has 0 bridgehead atoms. The first kappa shape index (κ1) is 7.81. The maximum absolute atomic E-state index is 3.93. The molecule has 0 radical (unpaired) electrons. The van der Waals surface area contributed by atoms with E-state index in [1.54, 1.807) is 11.3 Å². The van der Waals surface area contributed by atoms with Crippen LogP contribution in [-0.2, 0) is 6.42 Å². The van der Waals surface area contributed by atoms with Crippen molar-refractivity contribution in [3.63, 3.8) is 0 Å². The molecule has 0 saturated carbocycles. The minimum absolute atomic E-state index is 0.770. The predicted octanol–water partition coefficient (Wildman–Crippen LogP) is 1.75. The summed E-state index contributed by atoms with van der Waals surface area (Å²) in [5.74, 6) is 0. The molecule has 0 aromatic carbocycles. The number of hydrogen-bond acceptors (Lipinski definition) is 5. The van der Waals surface area contributed by atoms with Crippen molar-refractivity contribution >= 4 is 29.3 Å². The van der Waals surface area contributed by atoms with Gasteiger partial charge in [0.15, 0.2) is 0 Å². The van der Waals surface area contributed by atoms with Gasteiger partial charge in [-0.1, -0.05) is 31.1 Å². The van der Waals surface area contributed by atoms with Crippen molar-refractivity contribution in [1.29, 1.82) is 0 Å². The molecule has 1 heterocycles. The van der Waals surface area contributed by atoms with Gasteiger partial charge in [0.05, 0.1) is 0 Å². The van der Waals surface area contributed by atoms with Gasteiger partial charge >= 0.3 is 0 Å². The van der Waals surface area contributed by atoms with Crippen LogP contribution in [-0.4, -0.2) is 10.2 Å². The maximum Gasteiger partial charge on any atom is 0.215 e. The lowest BCUT2D eigenvalue weighted by Gasteiger charge is -1.85. The van der Waals surface area contributed by atoms with Crippen molar-refractivity contribution in [2.45, 2.75) is 19.8 Å². The zero-order valence-electron chi connectivity index (χ0n) is 5.66. The summed E-state index contributed by atoms with van der Waals surface area (Å²) in [5.41, 5.74) is 0. The lowest BCUT2D eigenvalue weighted by molar-refractivity contribution is 0.879. The number of thiol groups is 1. The van der Waals surface area contributed by atoms with Crippen molar-refractivity contribution < 1.29 is 0 Å². The molecule has 0 saturated heterocycles. The third-order valence-corrected chi connectivity index (χ3v) is 2.29. The Balaban J connectivity index is 2.59. The maximum atomic E-state index is 3.93. The Morgan fingerprint density at radius 3 is 2.90 bits per heavy atom. The SMILES string of the molecule is CCCc1nnc(NS)s1. The molecule has 1 N–H and O–H groups in total. The molecule has 0 amide bonds. The summed E-state index contributed by atoms with van der Waals surface area (Å²) in [6.07, 6.45) is 2.12. The Morgan fingerprint density at radius 1 is 1.60 bits per heavy atom. The lowest BCUT2D eigenvalue weighted by atomic mass is 10.4. The van der Waals surface area contributed by atoms with E-state index >= 15 is 0 Å². The topological polar surface area (TPSA) is 37.8 Å². The molecule has 0 aliphatic carbocycles. The van der Waals surface area contributed by atoms with Crippen molar-refractivity contribution in [2.24, 2.45) is 0 Å². The minimum Gasteiger partial charge on any atom is -0.307 e. The first-order chi connectivity index (χ1) is 4.86. The van der Waals surface area contributed by atoms with E-state index < -0.39 is 0 Å². The summed E-state index contributed by atoms with van der Waals surface area (Å²) < 4.78 is 2.65. The van der Waals surface area contributed by atoms with E-state index in [9.17, 15) is 0 Å². The van der Waals surface area contributed by atoms with Gasteiger partial charge in [-0.15, -0.1) is 10.2 Å². The van der Waals surface area contributed by atoms with Gasteiger partial charge in [-0.25, -0.2) is 0 Å². The molecule has 1 aromatic heterocycles. The third kappa shape index (κ3) is 1.85. The molecule has 0 aliphatic rings. The fourth-order valence-electron chi connectivity index (χ4n) is 0.614. The van der Waals surface area contributed by atoms with Crippen LogP contribution in [0.3, 0.4) is 0 Å². The second-order valence-corrected chi connectivity index (χ2v) is 3.15. The molecular weight excluding hydrogens is 166 g/mol. The Labute approximate surface area is 69.4 Å². The minimum atomic E-state index is 0.770. The molecular formula is C5H9N3S2. The number of rotatable bonds is 3. The average molecular weight is 175 g/mol. The summed E-state index contributed by atoms with van der Waals surface area (Å²) in [5, 5.41) is 9.61.